The number of rotatable bonds is 5. The summed E-state index contributed by atoms with van der Waals surface area (Å²) in [6.45, 7) is 14.3. The Balaban J connectivity index is 1.67. The van der Waals surface area contributed by atoms with Crippen LogP contribution in [0.25, 0.3) is 0 Å². The molecular weight excluding hydrogens is 418 g/mol. The Bertz CT molecular complexity index is 950. The van der Waals surface area contributed by atoms with Gasteiger partial charge in [-0.05, 0) is 76.8 Å². The van der Waals surface area contributed by atoms with Gasteiger partial charge in [0.2, 0.25) is 0 Å². The van der Waals surface area contributed by atoms with Crippen LogP contribution in [0.5, 0.6) is 0 Å². The second kappa shape index (κ2) is 8.48. The Kier molecular flexibility index (Phi) is 6.17. The average molecular weight is 454 g/mol. The third kappa shape index (κ3) is 4.33. The summed E-state index contributed by atoms with van der Waals surface area (Å²) in [5, 5.41) is 10.3. The van der Waals surface area contributed by atoms with E-state index in [0.29, 0.717) is 6.61 Å². The van der Waals surface area contributed by atoms with Crippen LogP contribution in [0.15, 0.2) is 59.7 Å². The molecule has 0 saturated carbocycles. The molecule has 2 aliphatic heterocycles. The Morgan fingerprint density at radius 3 is 2.09 bits per heavy atom. The first-order chi connectivity index (χ1) is 15.0. The minimum absolute atomic E-state index is 0.00192. The van der Waals surface area contributed by atoms with Crippen molar-refractivity contribution in [3.8, 4) is 0 Å². The van der Waals surface area contributed by atoms with Crippen LogP contribution in [0, 0.1) is 5.41 Å². The van der Waals surface area contributed by atoms with Gasteiger partial charge in [0.1, 0.15) is 0 Å². The number of hydrazone groups is 1. The van der Waals surface area contributed by atoms with Gasteiger partial charge in [-0.1, -0.05) is 55.8 Å². The minimum Gasteiger partial charge on any atom is -0.296 e. The van der Waals surface area contributed by atoms with Crippen molar-refractivity contribution in [3.63, 3.8) is 0 Å². The number of halogens is 1. The second-order valence-electron chi connectivity index (χ2n) is 10.9. The Morgan fingerprint density at radius 1 is 0.906 bits per heavy atom. The van der Waals surface area contributed by atoms with Crippen LogP contribution in [-0.4, -0.2) is 34.5 Å². The van der Waals surface area contributed by atoms with Crippen molar-refractivity contribution in [1.82, 2.24) is 5.06 Å². The molecule has 2 aromatic rings. The number of anilines is 1. The highest BCUT2D eigenvalue weighted by molar-refractivity contribution is 6.30. The number of benzene rings is 2. The molecule has 4 rings (SSSR count). The first-order valence-electron chi connectivity index (χ1n) is 11.6. The maximum Gasteiger partial charge on any atom is 0.0919 e. The number of hydroxylamine groups is 2. The molecule has 0 spiro atoms. The van der Waals surface area contributed by atoms with E-state index in [9.17, 15) is 0 Å². The molecule has 4 nitrogen and oxygen atoms in total. The lowest BCUT2D eigenvalue weighted by Crippen LogP contribution is -2.59. The van der Waals surface area contributed by atoms with Gasteiger partial charge in [-0.3, -0.25) is 9.85 Å². The zero-order valence-electron chi connectivity index (χ0n) is 20.2. The molecule has 2 heterocycles. The smallest absolute Gasteiger partial charge is 0.0919 e. The van der Waals surface area contributed by atoms with Gasteiger partial charge in [-0.2, -0.15) is 10.2 Å². The Hall–Kier alpha value is -1.88. The summed E-state index contributed by atoms with van der Waals surface area (Å²) in [6, 6.07) is 18.5. The quantitative estimate of drug-likeness (QED) is 0.491. The van der Waals surface area contributed by atoms with Crippen molar-refractivity contribution in [2.24, 2.45) is 10.5 Å². The lowest BCUT2D eigenvalue weighted by atomic mass is 9.78. The van der Waals surface area contributed by atoms with Gasteiger partial charge in [0, 0.05) is 21.5 Å². The third-order valence-corrected chi connectivity index (χ3v) is 7.37. The van der Waals surface area contributed by atoms with Crippen molar-refractivity contribution in [1.29, 1.82) is 0 Å². The monoisotopic (exact) mass is 453 g/mol. The van der Waals surface area contributed by atoms with Crippen LogP contribution >= 0.6 is 11.6 Å². The zero-order valence-corrected chi connectivity index (χ0v) is 21.0. The van der Waals surface area contributed by atoms with Gasteiger partial charge in [0.25, 0.3) is 0 Å². The Labute approximate surface area is 198 Å². The van der Waals surface area contributed by atoms with Crippen molar-refractivity contribution in [2.75, 3.05) is 11.6 Å². The van der Waals surface area contributed by atoms with Crippen LogP contribution in [-0.2, 0) is 4.84 Å². The van der Waals surface area contributed by atoms with Crippen molar-refractivity contribution < 1.29 is 4.84 Å². The molecule has 0 N–H and O–H groups in total. The Morgan fingerprint density at radius 2 is 1.50 bits per heavy atom. The fourth-order valence-electron chi connectivity index (χ4n) is 5.38. The number of para-hydroxylation sites is 1. The maximum atomic E-state index is 6.69. The normalized spacial score (nSPS) is 24.4. The summed E-state index contributed by atoms with van der Waals surface area (Å²) in [7, 11) is 0. The first-order valence-corrected chi connectivity index (χ1v) is 12.0. The fourth-order valence-corrected chi connectivity index (χ4v) is 5.50. The predicted octanol–water partition coefficient (Wildman–Crippen LogP) is 6.93. The molecule has 32 heavy (non-hydrogen) atoms. The molecule has 1 atom stereocenters. The van der Waals surface area contributed by atoms with E-state index in [1.54, 1.807) is 0 Å². The summed E-state index contributed by atoms with van der Waals surface area (Å²) in [5.41, 5.74) is 3.03. The predicted molar refractivity (Wildman–Crippen MR) is 134 cm³/mol. The highest BCUT2D eigenvalue weighted by Gasteiger charge is 2.48. The largest absolute Gasteiger partial charge is 0.296 e. The van der Waals surface area contributed by atoms with Crippen molar-refractivity contribution >= 4 is 23.0 Å². The van der Waals surface area contributed by atoms with E-state index in [-0.39, 0.29) is 22.5 Å². The van der Waals surface area contributed by atoms with E-state index in [0.717, 1.165) is 34.8 Å². The van der Waals surface area contributed by atoms with Gasteiger partial charge in [-0.15, -0.1) is 0 Å². The highest BCUT2D eigenvalue weighted by atomic mass is 35.5. The van der Waals surface area contributed by atoms with E-state index < -0.39 is 0 Å². The van der Waals surface area contributed by atoms with Crippen LogP contribution in [0.2, 0.25) is 5.02 Å². The molecule has 0 amide bonds. The molecule has 2 aliphatic rings. The molecule has 1 fully saturated rings. The highest BCUT2D eigenvalue weighted by Crippen LogP contribution is 2.42. The van der Waals surface area contributed by atoms with Gasteiger partial charge in [0.05, 0.1) is 24.0 Å². The number of piperidine rings is 1. The fraction of sp³-hybridized carbons (Fsp3) is 0.519. The molecule has 0 bridgehead atoms. The lowest BCUT2D eigenvalue weighted by Gasteiger charge is -2.52. The van der Waals surface area contributed by atoms with Crippen molar-refractivity contribution in [3.05, 3.63) is 65.2 Å². The van der Waals surface area contributed by atoms with Gasteiger partial charge >= 0.3 is 0 Å². The standard InChI is InChI=1S/C27H36ClN3O/c1-25(2)17-10-18-26(3,4)31(25)32-19-23-27(5,6)24(20-13-15-21(28)16-14-20)29-30(23)22-11-8-7-9-12-22/h7-9,11-16,23H,10,17-19H2,1-6H3. The van der Waals surface area contributed by atoms with E-state index in [1.165, 1.54) is 6.42 Å². The molecule has 1 unspecified atom stereocenters. The molecule has 0 radical (unpaired) electrons. The summed E-state index contributed by atoms with van der Waals surface area (Å²) < 4.78 is 0. The first kappa shape index (κ1) is 23.3. The summed E-state index contributed by atoms with van der Waals surface area (Å²) in [5.74, 6) is 0. The van der Waals surface area contributed by atoms with E-state index in [4.69, 9.17) is 21.5 Å². The SMILES string of the molecule is CC1(C)C(c2ccc(Cl)cc2)=NN(c2ccccc2)C1CON1C(C)(C)CCCC1(C)C. The van der Waals surface area contributed by atoms with Crippen LogP contribution in [0.1, 0.15) is 66.4 Å². The molecule has 1 saturated heterocycles. The lowest BCUT2D eigenvalue weighted by molar-refractivity contribution is -0.284. The number of hydrogen-bond acceptors (Lipinski definition) is 4. The second-order valence-corrected chi connectivity index (χ2v) is 11.4. The summed E-state index contributed by atoms with van der Waals surface area (Å²) in [6.07, 6.45) is 3.51. The summed E-state index contributed by atoms with van der Waals surface area (Å²) >= 11 is 6.16. The van der Waals surface area contributed by atoms with Crippen molar-refractivity contribution in [2.45, 2.75) is 77.9 Å². The van der Waals surface area contributed by atoms with Crippen LogP contribution < -0.4 is 5.01 Å². The number of hydrogen-bond donors (Lipinski definition) is 0. The molecule has 2 aromatic carbocycles. The number of nitrogens with zero attached hydrogens (tertiary/aromatic N) is 3. The summed E-state index contributed by atoms with van der Waals surface area (Å²) in [4.78, 5) is 6.69. The van der Waals surface area contributed by atoms with Gasteiger partial charge < -0.3 is 0 Å². The van der Waals surface area contributed by atoms with Crippen LogP contribution in [0.3, 0.4) is 0 Å². The third-order valence-electron chi connectivity index (χ3n) is 7.12. The minimum atomic E-state index is -0.215. The molecular formula is C27H36ClN3O. The van der Waals surface area contributed by atoms with Gasteiger partial charge in [-0.25, -0.2) is 0 Å². The topological polar surface area (TPSA) is 28.1 Å². The van der Waals surface area contributed by atoms with E-state index in [1.807, 2.05) is 18.2 Å². The molecule has 5 heteroatoms. The van der Waals surface area contributed by atoms with E-state index >= 15 is 0 Å². The van der Waals surface area contributed by atoms with E-state index in [2.05, 4.69) is 88.0 Å². The average Bonchev–Trinajstić information content (AvgIpc) is 2.98. The maximum absolute atomic E-state index is 6.69. The van der Waals surface area contributed by atoms with Crippen LogP contribution in [0.4, 0.5) is 5.69 Å². The van der Waals surface area contributed by atoms with Gasteiger partial charge in [0.15, 0.2) is 0 Å². The molecule has 0 aromatic heterocycles. The zero-order chi connectivity index (χ0) is 23.1. The molecule has 0 aliphatic carbocycles. The molecule has 172 valence electrons.